The van der Waals surface area contributed by atoms with Gasteiger partial charge >= 0.3 is 12.0 Å². The van der Waals surface area contributed by atoms with Crippen molar-refractivity contribution in [1.29, 1.82) is 5.26 Å². The van der Waals surface area contributed by atoms with Crippen molar-refractivity contribution in [3.63, 3.8) is 0 Å². The zero-order valence-corrected chi connectivity index (χ0v) is 10.3. The quantitative estimate of drug-likeness (QED) is 0.631. The molecule has 106 valence electrons. The smallest absolute Gasteiger partial charge is 0.332 e. The zero-order chi connectivity index (χ0) is 15.1. The molecule has 0 saturated carbocycles. The van der Waals surface area contributed by atoms with E-state index in [1.165, 1.54) is 12.1 Å². The molecule has 20 heavy (non-hydrogen) atoms. The number of carboxylic acids is 1. The summed E-state index contributed by atoms with van der Waals surface area (Å²) in [6, 6.07) is 4.67. The number of hydrogen-bond acceptors (Lipinski definition) is 4. The minimum Gasteiger partial charge on any atom is -0.479 e. The molecule has 0 bridgehead atoms. The summed E-state index contributed by atoms with van der Waals surface area (Å²) < 4.78 is 13.3. The second kappa shape index (κ2) is 7.06. The molecule has 8 heteroatoms. The lowest BCUT2D eigenvalue weighted by molar-refractivity contribution is -0.146. The Kier molecular flexibility index (Phi) is 5.43. The third kappa shape index (κ3) is 4.22. The van der Waals surface area contributed by atoms with Crippen molar-refractivity contribution in [2.75, 3.05) is 11.9 Å². The predicted molar refractivity (Wildman–Crippen MR) is 66.4 cm³/mol. The van der Waals surface area contributed by atoms with Crippen LogP contribution in [0.25, 0.3) is 0 Å². The summed E-state index contributed by atoms with van der Waals surface area (Å²) in [6.07, 6.45) is -1.74. The number of benzene rings is 1. The van der Waals surface area contributed by atoms with Gasteiger partial charge in [0, 0.05) is 13.0 Å². The Hall–Kier alpha value is -2.66. The SMILES string of the molecule is N#Cc1c(F)cccc1NC(=O)NCCC(O)C(=O)O. The highest BCUT2D eigenvalue weighted by atomic mass is 19.1. The number of aliphatic carboxylic acids is 1. The summed E-state index contributed by atoms with van der Waals surface area (Å²) >= 11 is 0. The number of aliphatic hydroxyl groups excluding tert-OH is 1. The van der Waals surface area contributed by atoms with Crippen molar-refractivity contribution >= 4 is 17.7 Å². The minimum absolute atomic E-state index is 0.00350. The lowest BCUT2D eigenvalue weighted by atomic mass is 10.2. The molecule has 0 aliphatic rings. The zero-order valence-electron chi connectivity index (χ0n) is 10.3. The maximum Gasteiger partial charge on any atom is 0.332 e. The number of carbonyl (C=O) groups is 2. The van der Waals surface area contributed by atoms with Gasteiger partial charge in [0.15, 0.2) is 6.10 Å². The number of halogens is 1. The Morgan fingerprint density at radius 1 is 1.45 bits per heavy atom. The molecule has 1 aromatic rings. The third-order valence-corrected chi connectivity index (χ3v) is 2.36. The molecule has 4 N–H and O–H groups in total. The lowest BCUT2D eigenvalue weighted by Gasteiger charge is -2.10. The Bertz CT molecular complexity index is 556. The third-order valence-electron chi connectivity index (χ3n) is 2.36. The van der Waals surface area contributed by atoms with Crippen LogP contribution in [-0.2, 0) is 4.79 Å². The first-order valence-electron chi connectivity index (χ1n) is 5.60. The monoisotopic (exact) mass is 281 g/mol. The number of carbonyl (C=O) groups excluding carboxylic acids is 1. The van der Waals surface area contributed by atoms with Crippen molar-refractivity contribution in [3.05, 3.63) is 29.6 Å². The average Bonchev–Trinajstić information content (AvgIpc) is 2.38. The second-order valence-electron chi connectivity index (χ2n) is 3.80. The van der Waals surface area contributed by atoms with Crippen LogP contribution < -0.4 is 10.6 Å². The van der Waals surface area contributed by atoms with Crippen LogP contribution in [0.2, 0.25) is 0 Å². The topological polar surface area (TPSA) is 122 Å². The van der Waals surface area contributed by atoms with Gasteiger partial charge in [-0.15, -0.1) is 0 Å². The first-order valence-corrected chi connectivity index (χ1v) is 5.60. The number of nitrogens with zero attached hydrogens (tertiary/aromatic N) is 1. The fraction of sp³-hybridized carbons (Fsp3) is 0.250. The Labute approximate surface area is 113 Å². The molecule has 1 rings (SSSR count). The summed E-state index contributed by atoms with van der Waals surface area (Å²) in [5, 5.41) is 30.7. The van der Waals surface area contributed by atoms with E-state index in [0.29, 0.717) is 0 Å². The number of aliphatic hydroxyl groups is 1. The highest BCUT2D eigenvalue weighted by Gasteiger charge is 2.14. The van der Waals surface area contributed by atoms with Gasteiger partial charge in [0.25, 0.3) is 0 Å². The van der Waals surface area contributed by atoms with Crippen molar-refractivity contribution in [2.45, 2.75) is 12.5 Å². The van der Waals surface area contributed by atoms with Gasteiger partial charge in [0.2, 0.25) is 0 Å². The number of rotatable bonds is 5. The summed E-state index contributed by atoms with van der Waals surface area (Å²) in [7, 11) is 0. The van der Waals surface area contributed by atoms with Gasteiger partial charge in [-0.3, -0.25) is 0 Å². The number of carboxylic acid groups (broad SMARTS) is 1. The summed E-state index contributed by atoms with van der Waals surface area (Å²) in [5.41, 5.74) is -0.294. The molecule has 2 amide bonds. The molecule has 0 aromatic heterocycles. The summed E-state index contributed by atoms with van der Waals surface area (Å²) in [5.74, 6) is -2.14. The van der Waals surface area contributed by atoms with Crippen molar-refractivity contribution in [1.82, 2.24) is 5.32 Å². The summed E-state index contributed by atoms with van der Waals surface area (Å²) in [4.78, 5) is 21.8. The van der Waals surface area contributed by atoms with Crippen molar-refractivity contribution in [2.24, 2.45) is 0 Å². The van der Waals surface area contributed by atoms with Gasteiger partial charge < -0.3 is 20.8 Å². The number of hydrogen-bond donors (Lipinski definition) is 4. The first kappa shape index (κ1) is 15.4. The molecule has 1 aromatic carbocycles. The van der Waals surface area contributed by atoms with Gasteiger partial charge in [-0.1, -0.05) is 6.07 Å². The van der Waals surface area contributed by atoms with E-state index in [1.807, 2.05) is 0 Å². The predicted octanol–water partition coefficient (Wildman–Crippen LogP) is 0.654. The van der Waals surface area contributed by atoms with Crippen LogP contribution in [0.3, 0.4) is 0 Å². The normalized spacial score (nSPS) is 11.2. The van der Waals surface area contributed by atoms with Crippen LogP contribution >= 0.6 is 0 Å². The van der Waals surface area contributed by atoms with Gasteiger partial charge in [0.05, 0.1) is 5.69 Å². The highest BCUT2D eigenvalue weighted by molar-refractivity contribution is 5.90. The van der Waals surface area contributed by atoms with Crippen LogP contribution in [-0.4, -0.2) is 34.9 Å². The fourth-order valence-electron chi connectivity index (χ4n) is 1.35. The van der Waals surface area contributed by atoms with E-state index < -0.39 is 23.9 Å². The molecule has 0 radical (unpaired) electrons. The van der Waals surface area contributed by atoms with Crippen LogP contribution in [0.15, 0.2) is 18.2 Å². The molecule has 0 aliphatic heterocycles. The molecular weight excluding hydrogens is 269 g/mol. The number of nitriles is 1. The first-order chi connectivity index (χ1) is 9.45. The number of amides is 2. The van der Waals surface area contributed by atoms with E-state index in [-0.39, 0.29) is 24.2 Å². The van der Waals surface area contributed by atoms with Crippen LogP contribution in [0, 0.1) is 17.1 Å². The molecule has 0 saturated heterocycles. The number of urea groups is 1. The lowest BCUT2D eigenvalue weighted by Crippen LogP contribution is -2.33. The summed E-state index contributed by atoms with van der Waals surface area (Å²) in [6.45, 7) is -0.0868. The Morgan fingerprint density at radius 2 is 2.15 bits per heavy atom. The maximum atomic E-state index is 13.3. The van der Waals surface area contributed by atoms with E-state index in [2.05, 4.69) is 10.6 Å². The van der Waals surface area contributed by atoms with Gasteiger partial charge in [-0.25, -0.2) is 14.0 Å². The molecule has 7 nitrogen and oxygen atoms in total. The second-order valence-corrected chi connectivity index (χ2v) is 3.80. The maximum absolute atomic E-state index is 13.3. The highest BCUT2D eigenvalue weighted by Crippen LogP contribution is 2.17. The molecule has 0 spiro atoms. The molecule has 1 unspecified atom stereocenters. The fourth-order valence-corrected chi connectivity index (χ4v) is 1.35. The Balaban J connectivity index is 2.54. The molecule has 1 atom stereocenters. The van der Waals surface area contributed by atoms with Crippen molar-refractivity contribution in [3.8, 4) is 6.07 Å². The number of nitrogens with one attached hydrogen (secondary N) is 2. The number of anilines is 1. The standard InChI is InChI=1S/C12H12FN3O4/c13-8-2-1-3-9(7(8)6-14)16-12(20)15-5-4-10(17)11(18)19/h1-3,10,17H,4-5H2,(H,18,19)(H2,15,16,20). The van der Waals surface area contributed by atoms with E-state index in [9.17, 15) is 14.0 Å². The molecule has 0 heterocycles. The van der Waals surface area contributed by atoms with Gasteiger partial charge in [-0.2, -0.15) is 5.26 Å². The molecular formula is C12H12FN3O4. The van der Waals surface area contributed by atoms with Gasteiger partial charge in [-0.05, 0) is 12.1 Å². The average molecular weight is 281 g/mol. The molecule has 0 aliphatic carbocycles. The van der Waals surface area contributed by atoms with Crippen LogP contribution in [0.5, 0.6) is 0 Å². The van der Waals surface area contributed by atoms with Crippen LogP contribution in [0.4, 0.5) is 14.9 Å². The van der Waals surface area contributed by atoms with E-state index in [0.717, 1.165) is 6.07 Å². The molecule has 0 fully saturated rings. The largest absolute Gasteiger partial charge is 0.479 e. The van der Waals surface area contributed by atoms with E-state index >= 15 is 0 Å². The minimum atomic E-state index is -1.57. The Morgan fingerprint density at radius 3 is 2.75 bits per heavy atom. The van der Waals surface area contributed by atoms with Gasteiger partial charge in [0.1, 0.15) is 17.4 Å². The van der Waals surface area contributed by atoms with E-state index in [1.54, 1.807) is 6.07 Å². The van der Waals surface area contributed by atoms with Crippen LogP contribution in [0.1, 0.15) is 12.0 Å². The van der Waals surface area contributed by atoms with Crippen molar-refractivity contribution < 1.29 is 24.2 Å². The van der Waals surface area contributed by atoms with E-state index in [4.69, 9.17) is 15.5 Å².